The van der Waals surface area contributed by atoms with Gasteiger partial charge in [0.25, 0.3) is 0 Å². The molecule has 1 amide bonds. The molecule has 0 saturated carbocycles. The number of amides is 1. The van der Waals surface area contributed by atoms with Crippen LogP contribution in [0.15, 0.2) is 0 Å². The smallest absolute Gasteiger partial charge is 0.341 e. The van der Waals surface area contributed by atoms with E-state index in [0.717, 1.165) is 29.7 Å². The summed E-state index contributed by atoms with van der Waals surface area (Å²) in [7, 11) is 2.86. The zero-order valence-electron chi connectivity index (χ0n) is 19.3. The molecule has 10 heteroatoms. The summed E-state index contributed by atoms with van der Waals surface area (Å²) in [5.74, 6) is -0.808. The Kier molecular flexibility index (Phi) is 9.60. The first-order chi connectivity index (χ1) is 15.1. The summed E-state index contributed by atoms with van der Waals surface area (Å²) in [6.45, 7) is 7.14. The second-order valence-corrected chi connectivity index (χ2v) is 10.2. The number of nitrogens with one attached hydrogen (secondary N) is 2. The fourth-order valence-electron chi connectivity index (χ4n) is 3.58. The SMILES string of the molecule is COCCOC(=O)CCC(=O)NC(=S)Nc1sc2c(c1C(=O)OC)CCC(C(C)(C)C)C2. The van der Waals surface area contributed by atoms with E-state index in [-0.39, 0.29) is 30.0 Å². The largest absolute Gasteiger partial charge is 0.465 e. The lowest BCUT2D eigenvalue weighted by Gasteiger charge is -2.33. The Morgan fingerprint density at radius 1 is 1.16 bits per heavy atom. The maximum Gasteiger partial charge on any atom is 0.341 e. The quantitative estimate of drug-likeness (QED) is 0.329. The average Bonchev–Trinajstić information content (AvgIpc) is 3.08. The van der Waals surface area contributed by atoms with Crippen molar-refractivity contribution in [3.8, 4) is 0 Å². The third kappa shape index (κ3) is 7.25. The molecule has 2 N–H and O–H groups in total. The maximum atomic E-state index is 12.5. The van der Waals surface area contributed by atoms with E-state index in [1.807, 2.05) is 0 Å². The zero-order chi connectivity index (χ0) is 23.9. The van der Waals surface area contributed by atoms with E-state index in [9.17, 15) is 14.4 Å². The number of thiocarbonyl (C=S) groups is 1. The predicted octanol–water partition coefficient (Wildman–Crippen LogP) is 3.47. The van der Waals surface area contributed by atoms with Crippen LogP contribution in [0.3, 0.4) is 0 Å². The summed E-state index contributed by atoms with van der Waals surface area (Å²) in [6, 6.07) is 0. The fourth-order valence-corrected chi connectivity index (χ4v) is 5.18. The lowest BCUT2D eigenvalue weighted by atomic mass is 9.72. The number of hydrogen-bond acceptors (Lipinski definition) is 8. The van der Waals surface area contributed by atoms with Gasteiger partial charge < -0.3 is 24.8 Å². The molecule has 1 unspecified atom stereocenters. The van der Waals surface area contributed by atoms with Crippen molar-refractivity contribution in [3.05, 3.63) is 16.0 Å². The number of fused-ring (bicyclic) bond motifs is 1. The molecule has 1 aliphatic carbocycles. The van der Waals surface area contributed by atoms with E-state index in [1.165, 1.54) is 25.6 Å². The van der Waals surface area contributed by atoms with Crippen LogP contribution < -0.4 is 10.6 Å². The first kappa shape index (κ1) is 26.2. The Morgan fingerprint density at radius 2 is 1.88 bits per heavy atom. The topological polar surface area (TPSA) is 103 Å². The molecular weight excluding hydrogens is 452 g/mol. The molecular formula is C22H32N2O6S2. The van der Waals surface area contributed by atoms with Crippen LogP contribution in [0.25, 0.3) is 0 Å². The molecule has 0 fully saturated rings. The zero-order valence-corrected chi connectivity index (χ0v) is 20.9. The molecule has 1 atom stereocenters. The minimum absolute atomic E-state index is 0.0624. The highest BCUT2D eigenvalue weighted by Gasteiger charge is 2.34. The fraction of sp³-hybridized carbons (Fsp3) is 0.636. The molecule has 0 bridgehead atoms. The van der Waals surface area contributed by atoms with Crippen molar-refractivity contribution in [1.82, 2.24) is 5.32 Å². The van der Waals surface area contributed by atoms with Crippen molar-refractivity contribution in [1.29, 1.82) is 0 Å². The van der Waals surface area contributed by atoms with Crippen molar-refractivity contribution in [2.75, 3.05) is 32.8 Å². The van der Waals surface area contributed by atoms with Gasteiger partial charge in [0, 0.05) is 18.4 Å². The highest BCUT2D eigenvalue weighted by atomic mass is 32.1. The molecule has 32 heavy (non-hydrogen) atoms. The van der Waals surface area contributed by atoms with Gasteiger partial charge in [-0.3, -0.25) is 9.59 Å². The number of methoxy groups -OCH3 is 2. The summed E-state index contributed by atoms with van der Waals surface area (Å²) in [5.41, 5.74) is 1.66. The first-order valence-corrected chi connectivity index (χ1v) is 11.8. The van der Waals surface area contributed by atoms with Crippen molar-refractivity contribution in [2.24, 2.45) is 11.3 Å². The second-order valence-electron chi connectivity index (χ2n) is 8.72. The van der Waals surface area contributed by atoms with Gasteiger partial charge in [0.1, 0.15) is 11.6 Å². The van der Waals surface area contributed by atoms with Gasteiger partial charge in [-0.25, -0.2) is 4.79 Å². The van der Waals surface area contributed by atoms with Gasteiger partial charge in [-0.05, 0) is 48.4 Å². The number of carbonyl (C=O) groups excluding carboxylic acids is 3. The Labute approximate surface area is 198 Å². The van der Waals surface area contributed by atoms with Gasteiger partial charge in [0.2, 0.25) is 5.91 Å². The highest BCUT2D eigenvalue weighted by Crippen LogP contribution is 2.44. The van der Waals surface area contributed by atoms with Crippen LogP contribution in [0.1, 0.15) is 60.8 Å². The van der Waals surface area contributed by atoms with Crippen molar-refractivity contribution in [3.63, 3.8) is 0 Å². The summed E-state index contributed by atoms with van der Waals surface area (Å²) in [6.07, 6.45) is 2.56. The van der Waals surface area contributed by atoms with E-state index >= 15 is 0 Å². The molecule has 1 aromatic heterocycles. The molecule has 1 heterocycles. The number of rotatable bonds is 8. The van der Waals surface area contributed by atoms with E-state index in [2.05, 4.69) is 31.4 Å². The van der Waals surface area contributed by atoms with Gasteiger partial charge >= 0.3 is 11.9 Å². The molecule has 1 aliphatic rings. The minimum atomic E-state index is -0.483. The third-order valence-corrected chi connectivity index (χ3v) is 6.84. The molecule has 178 valence electrons. The van der Waals surface area contributed by atoms with Gasteiger partial charge in [-0.2, -0.15) is 0 Å². The van der Waals surface area contributed by atoms with Crippen LogP contribution in [0, 0.1) is 11.3 Å². The van der Waals surface area contributed by atoms with Crippen LogP contribution in [0.4, 0.5) is 5.00 Å². The molecule has 2 rings (SSSR count). The lowest BCUT2D eigenvalue weighted by molar-refractivity contribution is -0.146. The first-order valence-electron chi connectivity index (χ1n) is 10.5. The summed E-state index contributed by atoms with van der Waals surface area (Å²) < 4.78 is 14.7. The summed E-state index contributed by atoms with van der Waals surface area (Å²) in [4.78, 5) is 37.4. The highest BCUT2D eigenvalue weighted by molar-refractivity contribution is 7.80. The van der Waals surface area contributed by atoms with E-state index < -0.39 is 17.8 Å². The molecule has 1 aromatic rings. The number of esters is 2. The molecule has 0 saturated heterocycles. The Balaban J connectivity index is 2.01. The normalized spacial score (nSPS) is 15.5. The van der Waals surface area contributed by atoms with Crippen molar-refractivity contribution >= 4 is 51.5 Å². The van der Waals surface area contributed by atoms with E-state index in [1.54, 1.807) is 0 Å². The van der Waals surface area contributed by atoms with E-state index in [4.69, 9.17) is 26.4 Å². The predicted molar refractivity (Wildman–Crippen MR) is 127 cm³/mol. The monoisotopic (exact) mass is 484 g/mol. The van der Waals surface area contributed by atoms with Crippen molar-refractivity contribution < 1.29 is 28.6 Å². The molecule has 8 nitrogen and oxygen atoms in total. The third-order valence-electron chi connectivity index (χ3n) is 5.47. The number of ether oxygens (including phenoxy) is 3. The number of hydrogen-bond donors (Lipinski definition) is 2. The Morgan fingerprint density at radius 3 is 2.50 bits per heavy atom. The van der Waals surface area contributed by atoms with Gasteiger partial charge in [-0.1, -0.05) is 20.8 Å². The number of thiophene rings is 1. The van der Waals surface area contributed by atoms with Gasteiger partial charge in [0.05, 0.1) is 25.7 Å². The second kappa shape index (κ2) is 11.7. The summed E-state index contributed by atoms with van der Waals surface area (Å²) >= 11 is 6.74. The van der Waals surface area contributed by atoms with E-state index in [0.29, 0.717) is 23.1 Å². The standard InChI is InChI=1S/C22H32N2O6S2/c1-22(2,3)13-6-7-14-15(12-13)32-19(18(14)20(27)29-5)24-21(31)23-16(25)8-9-17(26)30-11-10-28-4/h13H,6-12H2,1-5H3,(H2,23,24,25,31). The average molecular weight is 485 g/mol. The summed E-state index contributed by atoms with van der Waals surface area (Å²) in [5, 5.41) is 6.17. The van der Waals surface area contributed by atoms with Crippen LogP contribution in [-0.4, -0.2) is 50.4 Å². The maximum absolute atomic E-state index is 12.5. The van der Waals surface area contributed by atoms with Gasteiger partial charge in [-0.15, -0.1) is 11.3 Å². The number of carbonyl (C=O) groups is 3. The van der Waals surface area contributed by atoms with Crippen molar-refractivity contribution in [2.45, 2.75) is 52.9 Å². The van der Waals surface area contributed by atoms with Crippen LogP contribution >= 0.6 is 23.6 Å². The van der Waals surface area contributed by atoms with Crippen LogP contribution in [0.5, 0.6) is 0 Å². The Hall–Kier alpha value is -2.04. The van der Waals surface area contributed by atoms with Crippen LogP contribution in [-0.2, 0) is 36.6 Å². The molecule has 0 aromatic carbocycles. The molecule has 0 radical (unpaired) electrons. The van der Waals surface area contributed by atoms with Crippen LogP contribution in [0.2, 0.25) is 0 Å². The molecule has 0 spiro atoms. The van der Waals surface area contributed by atoms with Gasteiger partial charge in [0.15, 0.2) is 5.11 Å². The lowest BCUT2D eigenvalue weighted by Crippen LogP contribution is -2.34. The number of anilines is 1. The Bertz CT molecular complexity index is 859. The minimum Gasteiger partial charge on any atom is -0.465 e. The molecule has 0 aliphatic heterocycles.